The second-order valence-corrected chi connectivity index (χ2v) is 7.38. The summed E-state index contributed by atoms with van der Waals surface area (Å²) in [4.78, 5) is 0. The van der Waals surface area contributed by atoms with Crippen molar-refractivity contribution < 1.29 is 4.74 Å². The van der Waals surface area contributed by atoms with E-state index in [4.69, 9.17) is 4.74 Å². The molecule has 3 nitrogen and oxygen atoms in total. The van der Waals surface area contributed by atoms with Gasteiger partial charge in [-0.15, -0.1) is 0 Å². The number of methoxy groups -OCH3 is 1. The van der Waals surface area contributed by atoms with Crippen LogP contribution in [0, 0.1) is 11.3 Å². The first-order valence-electron chi connectivity index (χ1n) is 8.79. The normalized spacial score (nSPS) is 36.1. The quantitative estimate of drug-likeness (QED) is 0.752. The Hall–Kier alpha value is -0.120. The lowest BCUT2D eigenvalue weighted by molar-refractivity contribution is 0.167. The topological polar surface area (TPSA) is 33.3 Å². The van der Waals surface area contributed by atoms with Crippen LogP contribution in [0.1, 0.15) is 57.8 Å². The van der Waals surface area contributed by atoms with Gasteiger partial charge < -0.3 is 15.4 Å². The SMILES string of the molecule is COCCC1(CNC2CCCC2C2CCCCN2)CC1. The van der Waals surface area contributed by atoms with Gasteiger partial charge in [-0.25, -0.2) is 0 Å². The third-order valence-corrected chi connectivity index (χ3v) is 5.97. The van der Waals surface area contributed by atoms with Crippen LogP contribution < -0.4 is 10.6 Å². The molecule has 116 valence electrons. The second-order valence-electron chi connectivity index (χ2n) is 7.38. The van der Waals surface area contributed by atoms with Crippen LogP contribution in [0.4, 0.5) is 0 Å². The van der Waals surface area contributed by atoms with Crippen molar-refractivity contribution in [3.8, 4) is 0 Å². The molecular weight excluding hydrogens is 248 g/mol. The van der Waals surface area contributed by atoms with Crippen LogP contribution in [0.15, 0.2) is 0 Å². The van der Waals surface area contributed by atoms with Crippen LogP contribution in [0.2, 0.25) is 0 Å². The zero-order valence-electron chi connectivity index (χ0n) is 13.1. The predicted molar refractivity (Wildman–Crippen MR) is 82.9 cm³/mol. The van der Waals surface area contributed by atoms with Gasteiger partial charge in [0, 0.05) is 32.3 Å². The van der Waals surface area contributed by atoms with E-state index in [1.165, 1.54) is 70.9 Å². The molecule has 3 atom stereocenters. The van der Waals surface area contributed by atoms with Crippen LogP contribution in [-0.2, 0) is 4.74 Å². The van der Waals surface area contributed by atoms with Crippen LogP contribution in [0.5, 0.6) is 0 Å². The van der Waals surface area contributed by atoms with Gasteiger partial charge in [-0.3, -0.25) is 0 Å². The molecule has 3 aliphatic rings. The molecule has 0 amide bonds. The van der Waals surface area contributed by atoms with E-state index in [1.807, 2.05) is 7.11 Å². The van der Waals surface area contributed by atoms with Gasteiger partial charge in [-0.2, -0.15) is 0 Å². The Morgan fingerprint density at radius 2 is 2.05 bits per heavy atom. The Balaban J connectivity index is 1.46. The first-order valence-corrected chi connectivity index (χ1v) is 8.79. The summed E-state index contributed by atoms with van der Waals surface area (Å²) < 4.78 is 5.27. The molecule has 0 aromatic rings. The second kappa shape index (κ2) is 6.76. The highest BCUT2D eigenvalue weighted by Crippen LogP contribution is 2.48. The van der Waals surface area contributed by atoms with Gasteiger partial charge >= 0.3 is 0 Å². The molecule has 0 radical (unpaired) electrons. The number of hydrogen-bond acceptors (Lipinski definition) is 3. The van der Waals surface area contributed by atoms with Crippen LogP contribution in [0.3, 0.4) is 0 Å². The summed E-state index contributed by atoms with van der Waals surface area (Å²) in [6.45, 7) is 3.40. The summed E-state index contributed by atoms with van der Waals surface area (Å²) in [5.74, 6) is 0.883. The zero-order chi connectivity index (χ0) is 13.8. The van der Waals surface area contributed by atoms with Gasteiger partial charge in [0.25, 0.3) is 0 Å². The van der Waals surface area contributed by atoms with E-state index in [1.54, 1.807) is 0 Å². The van der Waals surface area contributed by atoms with Crippen molar-refractivity contribution >= 4 is 0 Å². The molecule has 1 aliphatic heterocycles. The monoisotopic (exact) mass is 280 g/mol. The van der Waals surface area contributed by atoms with Crippen molar-refractivity contribution in [2.24, 2.45) is 11.3 Å². The maximum absolute atomic E-state index is 5.27. The maximum Gasteiger partial charge on any atom is 0.0468 e. The van der Waals surface area contributed by atoms with Gasteiger partial charge in [-0.05, 0) is 62.8 Å². The Morgan fingerprint density at radius 1 is 1.15 bits per heavy atom. The summed E-state index contributed by atoms with van der Waals surface area (Å²) in [5, 5.41) is 7.72. The molecule has 0 aromatic carbocycles. The molecule has 3 fully saturated rings. The Labute approximate surface area is 124 Å². The number of rotatable bonds is 7. The average Bonchev–Trinajstić information content (AvgIpc) is 3.11. The van der Waals surface area contributed by atoms with E-state index in [-0.39, 0.29) is 0 Å². The fraction of sp³-hybridized carbons (Fsp3) is 1.00. The first kappa shape index (κ1) is 14.8. The van der Waals surface area contributed by atoms with Crippen molar-refractivity contribution in [2.75, 3.05) is 26.8 Å². The van der Waals surface area contributed by atoms with Gasteiger partial charge in [0.1, 0.15) is 0 Å². The third kappa shape index (κ3) is 3.55. The van der Waals surface area contributed by atoms with Gasteiger partial charge in [-0.1, -0.05) is 12.8 Å². The van der Waals surface area contributed by atoms with Gasteiger partial charge in [0.15, 0.2) is 0 Å². The lowest BCUT2D eigenvalue weighted by Crippen LogP contribution is -2.47. The number of piperidine rings is 1. The third-order valence-electron chi connectivity index (χ3n) is 5.97. The van der Waals surface area contributed by atoms with E-state index in [2.05, 4.69) is 10.6 Å². The minimum Gasteiger partial charge on any atom is -0.385 e. The smallest absolute Gasteiger partial charge is 0.0468 e. The highest BCUT2D eigenvalue weighted by molar-refractivity contribution is 4.98. The van der Waals surface area contributed by atoms with E-state index < -0.39 is 0 Å². The van der Waals surface area contributed by atoms with Crippen LogP contribution in [0.25, 0.3) is 0 Å². The summed E-state index contributed by atoms with van der Waals surface area (Å²) in [5.41, 5.74) is 0.586. The Bertz CT molecular complexity index is 297. The highest BCUT2D eigenvalue weighted by atomic mass is 16.5. The molecule has 0 spiro atoms. The molecule has 1 saturated heterocycles. The molecule has 1 heterocycles. The largest absolute Gasteiger partial charge is 0.385 e. The molecule has 3 rings (SSSR count). The Morgan fingerprint density at radius 3 is 2.75 bits per heavy atom. The van der Waals surface area contributed by atoms with Crippen molar-refractivity contribution in [1.29, 1.82) is 0 Å². The van der Waals surface area contributed by atoms with Gasteiger partial charge in [0.05, 0.1) is 0 Å². The molecule has 2 aliphatic carbocycles. The number of ether oxygens (including phenoxy) is 1. The summed E-state index contributed by atoms with van der Waals surface area (Å²) in [7, 11) is 1.82. The number of hydrogen-bond donors (Lipinski definition) is 2. The van der Waals surface area contributed by atoms with E-state index in [0.717, 1.165) is 24.6 Å². The number of nitrogens with one attached hydrogen (secondary N) is 2. The lowest BCUT2D eigenvalue weighted by Gasteiger charge is -2.34. The minimum absolute atomic E-state index is 0.586. The van der Waals surface area contributed by atoms with E-state index in [0.29, 0.717) is 5.41 Å². The molecule has 0 aromatic heterocycles. The van der Waals surface area contributed by atoms with Crippen molar-refractivity contribution in [1.82, 2.24) is 10.6 Å². The standard InChI is InChI=1S/C17H32N2O/c1-20-12-10-17(8-9-17)13-19-16-7-4-5-14(16)15-6-2-3-11-18-15/h14-16,18-19H,2-13H2,1H3. The minimum atomic E-state index is 0.586. The lowest BCUT2D eigenvalue weighted by atomic mass is 9.88. The fourth-order valence-corrected chi connectivity index (χ4v) is 4.33. The highest BCUT2D eigenvalue weighted by Gasteiger charge is 2.43. The molecule has 0 bridgehead atoms. The van der Waals surface area contributed by atoms with Crippen molar-refractivity contribution in [3.05, 3.63) is 0 Å². The first-order chi connectivity index (χ1) is 9.83. The van der Waals surface area contributed by atoms with E-state index in [9.17, 15) is 0 Å². The van der Waals surface area contributed by atoms with E-state index >= 15 is 0 Å². The summed E-state index contributed by atoms with van der Waals surface area (Å²) >= 11 is 0. The maximum atomic E-state index is 5.27. The summed E-state index contributed by atoms with van der Waals surface area (Å²) in [6, 6.07) is 1.56. The molecule has 2 N–H and O–H groups in total. The average molecular weight is 280 g/mol. The Kier molecular flexibility index (Phi) is 5.00. The predicted octanol–water partition coefficient (Wildman–Crippen LogP) is 2.70. The van der Waals surface area contributed by atoms with Gasteiger partial charge in [0.2, 0.25) is 0 Å². The zero-order valence-corrected chi connectivity index (χ0v) is 13.1. The molecule has 20 heavy (non-hydrogen) atoms. The molecule has 3 heteroatoms. The van der Waals surface area contributed by atoms with Crippen molar-refractivity contribution in [2.45, 2.75) is 69.9 Å². The molecule has 2 saturated carbocycles. The van der Waals surface area contributed by atoms with Crippen molar-refractivity contribution in [3.63, 3.8) is 0 Å². The fourth-order valence-electron chi connectivity index (χ4n) is 4.33. The molecule has 3 unspecified atom stereocenters. The molecular formula is C17H32N2O. The summed E-state index contributed by atoms with van der Waals surface area (Å²) in [6.07, 6.45) is 12.5. The van der Waals surface area contributed by atoms with Crippen LogP contribution >= 0.6 is 0 Å². The van der Waals surface area contributed by atoms with Crippen LogP contribution in [-0.4, -0.2) is 38.9 Å².